The predicted molar refractivity (Wildman–Crippen MR) is 73.0 cm³/mol. The van der Waals surface area contributed by atoms with Crippen molar-refractivity contribution in [1.29, 1.82) is 0 Å². The van der Waals surface area contributed by atoms with E-state index in [-0.39, 0.29) is 12.1 Å². The standard InChI is InChI=1S/C13H20N2O2S/c1-15-8-10(7-12-4-3-5-18-12)6-11(9-15)14-13(16)17-2/h3-5,10-11H,6-9H2,1-2H3,(H,14,16). The first-order chi connectivity index (χ1) is 8.67. The van der Waals surface area contributed by atoms with Gasteiger partial charge in [0.05, 0.1) is 7.11 Å². The monoisotopic (exact) mass is 268 g/mol. The minimum atomic E-state index is -0.329. The van der Waals surface area contributed by atoms with E-state index in [1.807, 2.05) is 0 Å². The predicted octanol–water partition coefficient (Wildman–Crippen LogP) is 1.97. The molecule has 2 unspecified atom stereocenters. The van der Waals surface area contributed by atoms with Gasteiger partial charge in [-0.1, -0.05) is 6.07 Å². The Balaban J connectivity index is 1.89. The molecule has 1 fully saturated rings. The quantitative estimate of drug-likeness (QED) is 0.911. The van der Waals surface area contributed by atoms with Gasteiger partial charge in [-0.2, -0.15) is 0 Å². The maximum atomic E-state index is 11.3. The number of alkyl carbamates (subject to hydrolysis) is 1. The fraction of sp³-hybridized carbons (Fsp3) is 0.615. The molecule has 4 nitrogen and oxygen atoms in total. The van der Waals surface area contributed by atoms with Crippen LogP contribution in [0.2, 0.25) is 0 Å². The van der Waals surface area contributed by atoms with Crippen LogP contribution in [0.25, 0.3) is 0 Å². The van der Waals surface area contributed by atoms with Crippen LogP contribution in [0.3, 0.4) is 0 Å². The van der Waals surface area contributed by atoms with Gasteiger partial charge in [0.25, 0.3) is 0 Å². The summed E-state index contributed by atoms with van der Waals surface area (Å²) in [5, 5.41) is 5.03. The van der Waals surface area contributed by atoms with Crippen molar-refractivity contribution in [2.75, 3.05) is 27.2 Å². The summed E-state index contributed by atoms with van der Waals surface area (Å²) in [7, 11) is 3.51. The van der Waals surface area contributed by atoms with Crippen molar-refractivity contribution in [2.24, 2.45) is 5.92 Å². The number of piperidine rings is 1. The van der Waals surface area contributed by atoms with Crippen molar-refractivity contribution in [1.82, 2.24) is 10.2 Å². The van der Waals surface area contributed by atoms with Gasteiger partial charge < -0.3 is 15.0 Å². The van der Waals surface area contributed by atoms with E-state index in [1.165, 1.54) is 12.0 Å². The summed E-state index contributed by atoms with van der Waals surface area (Å²) in [4.78, 5) is 15.0. The Morgan fingerprint density at radius 1 is 1.61 bits per heavy atom. The molecule has 1 amide bonds. The summed E-state index contributed by atoms with van der Waals surface area (Å²) in [6.45, 7) is 1.99. The average Bonchev–Trinajstić information content (AvgIpc) is 2.80. The lowest BCUT2D eigenvalue weighted by atomic mass is 9.91. The van der Waals surface area contributed by atoms with E-state index < -0.39 is 0 Å². The van der Waals surface area contributed by atoms with Crippen LogP contribution in [0, 0.1) is 5.92 Å². The van der Waals surface area contributed by atoms with Crippen LogP contribution < -0.4 is 5.32 Å². The number of carbonyl (C=O) groups excluding carboxylic acids is 1. The highest BCUT2D eigenvalue weighted by atomic mass is 32.1. The number of likely N-dealkylation sites (tertiary alicyclic amines) is 1. The maximum Gasteiger partial charge on any atom is 0.407 e. The molecule has 0 bridgehead atoms. The van der Waals surface area contributed by atoms with Crippen LogP contribution in [0.4, 0.5) is 4.79 Å². The van der Waals surface area contributed by atoms with Crippen LogP contribution in [-0.2, 0) is 11.2 Å². The van der Waals surface area contributed by atoms with E-state index in [9.17, 15) is 4.79 Å². The molecule has 0 radical (unpaired) electrons. The third-order valence-electron chi connectivity index (χ3n) is 3.30. The van der Waals surface area contributed by atoms with Crippen molar-refractivity contribution >= 4 is 17.4 Å². The third-order valence-corrected chi connectivity index (χ3v) is 4.20. The molecule has 1 aromatic rings. The second-order valence-corrected chi connectivity index (χ2v) is 5.97. The Kier molecular flexibility index (Phi) is 4.60. The molecule has 100 valence electrons. The van der Waals surface area contributed by atoms with E-state index in [0.717, 1.165) is 25.9 Å². The number of methoxy groups -OCH3 is 1. The molecular weight excluding hydrogens is 248 g/mol. The molecule has 0 aromatic carbocycles. The molecular formula is C13H20N2O2S. The van der Waals surface area contributed by atoms with Crippen LogP contribution >= 0.6 is 11.3 Å². The topological polar surface area (TPSA) is 41.6 Å². The van der Waals surface area contributed by atoms with Crippen LogP contribution in [0.15, 0.2) is 17.5 Å². The molecule has 5 heteroatoms. The van der Waals surface area contributed by atoms with Gasteiger partial charge in [-0.3, -0.25) is 0 Å². The van der Waals surface area contributed by atoms with Gasteiger partial charge in [-0.25, -0.2) is 4.79 Å². The second kappa shape index (κ2) is 6.20. The van der Waals surface area contributed by atoms with Gasteiger partial charge in [-0.05, 0) is 37.3 Å². The summed E-state index contributed by atoms with van der Waals surface area (Å²) in [6.07, 6.45) is 1.80. The Morgan fingerprint density at radius 3 is 3.11 bits per heavy atom. The van der Waals surface area contributed by atoms with Gasteiger partial charge in [0.2, 0.25) is 0 Å². The summed E-state index contributed by atoms with van der Waals surface area (Å²) < 4.78 is 4.66. The summed E-state index contributed by atoms with van der Waals surface area (Å²) in [5.41, 5.74) is 0. The van der Waals surface area contributed by atoms with E-state index in [0.29, 0.717) is 5.92 Å². The third kappa shape index (κ3) is 3.71. The fourth-order valence-electron chi connectivity index (χ4n) is 2.63. The summed E-state index contributed by atoms with van der Waals surface area (Å²) in [6, 6.07) is 4.47. The number of amides is 1. The van der Waals surface area contributed by atoms with Crippen molar-refractivity contribution < 1.29 is 9.53 Å². The number of likely N-dealkylation sites (N-methyl/N-ethyl adjacent to an activating group) is 1. The van der Waals surface area contributed by atoms with Gasteiger partial charge >= 0.3 is 6.09 Å². The first-order valence-electron chi connectivity index (χ1n) is 6.22. The number of hydrogen-bond acceptors (Lipinski definition) is 4. The lowest BCUT2D eigenvalue weighted by molar-refractivity contribution is 0.139. The normalized spacial score (nSPS) is 24.8. The zero-order valence-electron chi connectivity index (χ0n) is 10.9. The largest absolute Gasteiger partial charge is 0.453 e. The molecule has 2 rings (SSSR count). The lowest BCUT2D eigenvalue weighted by Crippen LogP contribution is -2.49. The van der Waals surface area contributed by atoms with E-state index >= 15 is 0 Å². The highest BCUT2D eigenvalue weighted by Crippen LogP contribution is 2.22. The minimum absolute atomic E-state index is 0.196. The minimum Gasteiger partial charge on any atom is -0.453 e. The van der Waals surface area contributed by atoms with Crippen molar-refractivity contribution in [3.05, 3.63) is 22.4 Å². The molecule has 1 aliphatic heterocycles. The number of nitrogens with zero attached hydrogens (tertiary/aromatic N) is 1. The molecule has 0 saturated carbocycles. The zero-order valence-corrected chi connectivity index (χ0v) is 11.7. The zero-order chi connectivity index (χ0) is 13.0. The lowest BCUT2D eigenvalue weighted by Gasteiger charge is -2.35. The number of carbonyl (C=O) groups is 1. The summed E-state index contributed by atoms with van der Waals surface area (Å²) in [5.74, 6) is 0.601. The fourth-order valence-corrected chi connectivity index (χ4v) is 3.46. The highest BCUT2D eigenvalue weighted by molar-refractivity contribution is 7.09. The number of nitrogens with one attached hydrogen (secondary N) is 1. The van der Waals surface area contributed by atoms with Crippen molar-refractivity contribution in [3.63, 3.8) is 0 Å². The van der Waals surface area contributed by atoms with Gasteiger partial charge in [0.15, 0.2) is 0 Å². The number of thiophene rings is 1. The van der Waals surface area contributed by atoms with Gasteiger partial charge in [-0.15, -0.1) is 11.3 Å². The first kappa shape index (κ1) is 13.4. The number of hydrogen-bond donors (Lipinski definition) is 1. The Hall–Kier alpha value is -1.07. The molecule has 0 aliphatic carbocycles. The first-order valence-corrected chi connectivity index (χ1v) is 7.10. The van der Waals surface area contributed by atoms with Crippen LogP contribution in [0.1, 0.15) is 11.3 Å². The second-order valence-electron chi connectivity index (χ2n) is 4.94. The maximum absolute atomic E-state index is 11.3. The van der Waals surface area contributed by atoms with E-state index in [4.69, 9.17) is 0 Å². The van der Waals surface area contributed by atoms with Crippen LogP contribution in [0.5, 0.6) is 0 Å². The van der Waals surface area contributed by atoms with Gasteiger partial charge in [0.1, 0.15) is 0 Å². The SMILES string of the molecule is COC(=O)NC1CC(Cc2cccs2)CN(C)C1. The van der Waals surface area contributed by atoms with E-state index in [2.05, 4.69) is 39.5 Å². The molecule has 18 heavy (non-hydrogen) atoms. The smallest absolute Gasteiger partial charge is 0.407 e. The number of ether oxygens (including phenoxy) is 1. The molecule has 2 atom stereocenters. The average molecular weight is 268 g/mol. The van der Waals surface area contributed by atoms with Crippen LogP contribution in [-0.4, -0.2) is 44.3 Å². The molecule has 1 N–H and O–H groups in total. The molecule has 1 saturated heterocycles. The molecule has 1 aromatic heterocycles. The Labute approximate surface area is 112 Å². The van der Waals surface area contributed by atoms with Gasteiger partial charge in [0, 0.05) is 24.0 Å². The Bertz CT molecular complexity index is 380. The van der Waals surface area contributed by atoms with Crippen molar-refractivity contribution in [3.8, 4) is 0 Å². The highest BCUT2D eigenvalue weighted by Gasteiger charge is 2.26. The molecule has 1 aliphatic rings. The number of rotatable bonds is 3. The van der Waals surface area contributed by atoms with E-state index in [1.54, 1.807) is 11.3 Å². The molecule has 0 spiro atoms. The summed E-state index contributed by atoms with van der Waals surface area (Å²) >= 11 is 1.81. The van der Waals surface area contributed by atoms with Crippen molar-refractivity contribution in [2.45, 2.75) is 18.9 Å². The Morgan fingerprint density at radius 2 is 2.44 bits per heavy atom. The molecule has 2 heterocycles.